The predicted molar refractivity (Wildman–Crippen MR) is 81.2 cm³/mol. The molecule has 0 saturated carbocycles. The lowest BCUT2D eigenvalue weighted by atomic mass is 10.4. The van der Waals surface area contributed by atoms with Gasteiger partial charge in [0.1, 0.15) is 16.4 Å². The quantitative estimate of drug-likeness (QED) is 0.791. The summed E-state index contributed by atoms with van der Waals surface area (Å²) in [5.41, 5.74) is 0. The number of aromatic carboxylic acids is 1. The van der Waals surface area contributed by atoms with Crippen molar-refractivity contribution in [2.45, 2.75) is 18.4 Å². The van der Waals surface area contributed by atoms with Crippen molar-refractivity contribution in [3.63, 3.8) is 0 Å². The molecule has 0 aliphatic rings. The highest BCUT2D eigenvalue weighted by Crippen LogP contribution is 2.22. The summed E-state index contributed by atoms with van der Waals surface area (Å²) in [5.74, 6) is -1.94. The van der Waals surface area contributed by atoms with Crippen LogP contribution in [0.4, 0.5) is 0 Å². The molecule has 0 aliphatic carbocycles. The van der Waals surface area contributed by atoms with Crippen LogP contribution in [0, 0.1) is 6.92 Å². The summed E-state index contributed by atoms with van der Waals surface area (Å²) in [5, 5.41) is 11.2. The molecule has 0 saturated heterocycles. The highest BCUT2D eigenvalue weighted by atomic mass is 32.2. The molecule has 0 radical (unpaired) electrons. The molecule has 0 atom stereocenters. The van der Waals surface area contributed by atoms with Crippen molar-refractivity contribution >= 4 is 21.9 Å². The van der Waals surface area contributed by atoms with Gasteiger partial charge in [-0.2, -0.15) is 0 Å². The van der Waals surface area contributed by atoms with Gasteiger partial charge in [-0.25, -0.2) is 17.5 Å². The predicted octanol–water partition coefficient (Wildman–Crippen LogP) is 1.06. The number of carboxylic acids is 1. The van der Waals surface area contributed by atoms with Gasteiger partial charge in [0.05, 0.1) is 6.54 Å². The first-order valence-corrected chi connectivity index (χ1v) is 8.20. The molecule has 10 heteroatoms. The molecule has 0 spiro atoms. The van der Waals surface area contributed by atoms with Crippen LogP contribution in [-0.4, -0.2) is 43.8 Å². The second-order valence-corrected chi connectivity index (χ2v) is 7.19. The normalized spacial score (nSPS) is 11.7. The fraction of sp³-hybridized carbons (Fsp3) is 0.286. The van der Waals surface area contributed by atoms with Crippen molar-refractivity contribution < 1.29 is 31.9 Å². The number of carbonyl (C=O) groups excluding carboxylic acids is 1. The number of aryl methyl sites for hydroxylation is 1. The van der Waals surface area contributed by atoms with E-state index >= 15 is 0 Å². The molecule has 2 N–H and O–H groups in total. The standard InChI is InChI=1S/C14H16N2O7S/c1-8-12(24(20,21)16(2)3)6-11(22-8)13(17)15-7-9-4-5-10(23-9)14(18)19/h4-6H,7H2,1-3H3,(H,15,17)(H,18,19). The van der Waals surface area contributed by atoms with E-state index < -0.39 is 21.9 Å². The van der Waals surface area contributed by atoms with Gasteiger partial charge in [0.2, 0.25) is 15.8 Å². The van der Waals surface area contributed by atoms with Gasteiger partial charge in [-0.3, -0.25) is 4.79 Å². The molecule has 2 heterocycles. The van der Waals surface area contributed by atoms with Crippen molar-refractivity contribution in [2.24, 2.45) is 0 Å². The molecule has 0 aliphatic heterocycles. The van der Waals surface area contributed by atoms with Crippen LogP contribution < -0.4 is 5.32 Å². The molecule has 2 aromatic rings. The zero-order valence-electron chi connectivity index (χ0n) is 13.2. The van der Waals surface area contributed by atoms with Gasteiger partial charge in [0.25, 0.3) is 5.91 Å². The zero-order chi connectivity index (χ0) is 18.1. The molecule has 0 bridgehead atoms. The van der Waals surface area contributed by atoms with Crippen LogP contribution in [0.5, 0.6) is 0 Å². The van der Waals surface area contributed by atoms with Crippen molar-refractivity contribution in [3.8, 4) is 0 Å². The summed E-state index contributed by atoms with van der Waals surface area (Å²) in [4.78, 5) is 22.7. The average molecular weight is 356 g/mol. The van der Waals surface area contributed by atoms with Gasteiger partial charge < -0.3 is 19.3 Å². The van der Waals surface area contributed by atoms with E-state index in [2.05, 4.69) is 5.32 Å². The van der Waals surface area contributed by atoms with Gasteiger partial charge in [-0.15, -0.1) is 0 Å². The molecule has 9 nitrogen and oxygen atoms in total. The van der Waals surface area contributed by atoms with Crippen LogP contribution in [0.1, 0.15) is 32.6 Å². The van der Waals surface area contributed by atoms with Crippen molar-refractivity contribution in [3.05, 3.63) is 41.2 Å². The number of hydrogen-bond acceptors (Lipinski definition) is 6. The Labute approximate surface area is 137 Å². The number of rotatable bonds is 6. The van der Waals surface area contributed by atoms with Crippen LogP contribution in [0.3, 0.4) is 0 Å². The number of furan rings is 2. The second kappa shape index (κ2) is 6.49. The highest BCUT2D eigenvalue weighted by Gasteiger charge is 2.25. The molecule has 2 rings (SSSR count). The molecule has 0 aromatic carbocycles. The molecular weight excluding hydrogens is 340 g/mol. The Balaban J connectivity index is 2.12. The minimum atomic E-state index is -3.72. The second-order valence-electron chi connectivity index (χ2n) is 5.07. The Hall–Kier alpha value is -2.59. The Bertz CT molecular complexity index is 877. The van der Waals surface area contributed by atoms with E-state index in [9.17, 15) is 18.0 Å². The Morgan fingerprint density at radius 2 is 1.88 bits per heavy atom. The first kappa shape index (κ1) is 17.8. The number of nitrogens with zero attached hydrogens (tertiary/aromatic N) is 1. The number of carboxylic acid groups (broad SMARTS) is 1. The van der Waals surface area contributed by atoms with Crippen molar-refractivity contribution in [1.29, 1.82) is 0 Å². The third kappa shape index (κ3) is 3.49. The largest absolute Gasteiger partial charge is 0.475 e. The minimum Gasteiger partial charge on any atom is -0.475 e. The van der Waals surface area contributed by atoms with E-state index in [1.165, 1.54) is 33.2 Å². The van der Waals surface area contributed by atoms with Crippen LogP contribution in [0.25, 0.3) is 0 Å². The molecule has 24 heavy (non-hydrogen) atoms. The lowest BCUT2D eigenvalue weighted by Crippen LogP contribution is -2.23. The summed E-state index contributed by atoms with van der Waals surface area (Å²) in [7, 11) is -0.971. The Morgan fingerprint density at radius 3 is 2.42 bits per heavy atom. The van der Waals surface area contributed by atoms with Gasteiger partial charge >= 0.3 is 5.97 Å². The van der Waals surface area contributed by atoms with Gasteiger partial charge in [0, 0.05) is 20.2 Å². The van der Waals surface area contributed by atoms with E-state index in [4.69, 9.17) is 13.9 Å². The van der Waals surface area contributed by atoms with E-state index in [0.717, 1.165) is 10.4 Å². The first-order valence-electron chi connectivity index (χ1n) is 6.76. The minimum absolute atomic E-state index is 0.0678. The van der Waals surface area contributed by atoms with Gasteiger partial charge in [-0.05, 0) is 19.1 Å². The number of hydrogen-bond donors (Lipinski definition) is 2. The number of nitrogens with one attached hydrogen (secondary N) is 1. The summed E-state index contributed by atoms with van der Waals surface area (Å²) in [6.45, 7) is 1.38. The van der Waals surface area contributed by atoms with Crippen LogP contribution >= 0.6 is 0 Å². The van der Waals surface area contributed by atoms with E-state index in [0.29, 0.717) is 0 Å². The fourth-order valence-corrected chi connectivity index (χ4v) is 2.93. The SMILES string of the molecule is Cc1oc(C(=O)NCc2ccc(C(=O)O)o2)cc1S(=O)(=O)N(C)C. The van der Waals surface area contributed by atoms with Crippen molar-refractivity contribution in [2.75, 3.05) is 14.1 Å². The molecule has 1 amide bonds. The Kier molecular flexibility index (Phi) is 4.81. The lowest BCUT2D eigenvalue weighted by molar-refractivity contribution is 0.0660. The number of sulfonamides is 1. The average Bonchev–Trinajstić information content (AvgIpc) is 3.11. The summed E-state index contributed by atoms with van der Waals surface area (Å²) in [6, 6.07) is 3.83. The third-order valence-corrected chi connectivity index (χ3v) is 5.07. The third-order valence-electron chi connectivity index (χ3n) is 3.15. The number of amides is 1. The summed E-state index contributed by atoms with van der Waals surface area (Å²) in [6.07, 6.45) is 0. The molecule has 0 unspecified atom stereocenters. The van der Waals surface area contributed by atoms with Crippen LogP contribution in [-0.2, 0) is 16.6 Å². The fourth-order valence-electron chi connectivity index (χ4n) is 1.87. The monoisotopic (exact) mass is 356 g/mol. The van der Waals surface area contributed by atoms with E-state index in [1.807, 2.05) is 0 Å². The zero-order valence-corrected chi connectivity index (χ0v) is 14.0. The maximum absolute atomic E-state index is 12.1. The highest BCUT2D eigenvalue weighted by molar-refractivity contribution is 7.89. The molecule has 0 fully saturated rings. The molecule has 130 valence electrons. The maximum Gasteiger partial charge on any atom is 0.371 e. The van der Waals surface area contributed by atoms with Crippen molar-refractivity contribution in [1.82, 2.24) is 9.62 Å². The van der Waals surface area contributed by atoms with Crippen LogP contribution in [0.15, 0.2) is 31.9 Å². The van der Waals surface area contributed by atoms with E-state index in [-0.39, 0.29) is 34.5 Å². The summed E-state index contributed by atoms with van der Waals surface area (Å²) >= 11 is 0. The number of carbonyl (C=O) groups is 2. The van der Waals surface area contributed by atoms with E-state index in [1.54, 1.807) is 0 Å². The van der Waals surface area contributed by atoms with Gasteiger partial charge in [0.15, 0.2) is 5.76 Å². The summed E-state index contributed by atoms with van der Waals surface area (Å²) < 4.78 is 35.4. The topological polar surface area (TPSA) is 130 Å². The maximum atomic E-state index is 12.1. The van der Waals surface area contributed by atoms with Gasteiger partial charge in [-0.1, -0.05) is 0 Å². The van der Waals surface area contributed by atoms with Crippen LogP contribution in [0.2, 0.25) is 0 Å². The molecule has 2 aromatic heterocycles. The first-order chi connectivity index (χ1) is 11.1. The Morgan fingerprint density at radius 1 is 1.21 bits per heavy atom. The lowest BCUT2D eigenvalue weighted by Gasteiger charge is -2.09. The smallest absolute Gasteiger partial charge is 0.371 e. The molecular formula is C14H16N2O7S.